The number of rotatable bonds is 4. The van der Waals surface area contributed by atoms with E-state index in [1.807, 2.05) is 50.2 Å². The molecular weight excluding hydrogens is 238 g/mol. The van der Waals surface area contributed by atoms with Gasteiger partial charge in [-0.3, -0.25) is 4.98 Å². The van der Waals surface area contributed by atoms with Gasteiger partial charge in [0.15, 0.2) is 0 Å². The maximum absolute atomic E-state index is 10.3. The lowest BCUT2D eigenvalue weighted by Crippen LogP contribution is -2.05. The Morgan fingerprint density at radius 3 is 2.68 bits per heavy atom. The molecule has 0 saturated heterocycles. The Morgan fingerprint density at radius 1 is 1.21 bits per heavy atom. The zero-order valence-corrected chi connectivity index (χ0v) is 11.6. The number of nitrogens with zero attached hydrogens (tertiary/aromatic N) is 1. The molecule has 19 heavy (non-hydrogen) atoms. The first-order chi connectivity index (χ1) is 9.10. The fraction of sp³-hybridized carbons (Fsp3) is 0.312. The van der Waals surface area contributed by atoms with Crippen LogP contribution in [0.1, 0.15) is 28.6 Å². The molecule has 100 valence electrons. The van der Waals surface area contributed by atoms with Gasteiger partial charge in [0, 0.05) is 23.4 Å². The summed E-state index contributed by atoms with van der Waals surface area (Å²) in [5, 5.41) is 10.3. The molecule has 1 aromatic heterocycles. The van der Waals surface area contributed by atoms with Crippen LogP contribution in [0.2, 0.25) is 0 Å². The van der Waals surface area contributed by atoms with Crippen LogP contribution in [0.15, 0.2) is 36.4 Å². The predicted molar refractivity (Wildman–Crippen MR) is 75.4 cm³/mol. The van der Waals surface area contributed by atoms with Crippen LogP contribution in [-0.4, -0.2) is 17.2 Å². The normalized spacial score (nSPS) is 12.2. The highest BCUT2D eigenvalue weighted by Gasteiger charge is 2.12. The monoisotopic (exact) mass is 257 g/mol. The molecule has 0 aliphatic rings. The van der Waals surface area contributed by atoms with Crippen LogP contribution < -0.4 is 4.74 Å². The van der Waals surface area contributed by atoms with Gasteiger partial charge in [0.25, 0.3) is 0 Å². The second-order valence-corrected chi connectivity index (χ2v) is 4.70. The van der Waals surface area contributed by atoms with Gasteiger partial charge < -0.3 is 9.84 Å². The summed E-state index contributed by atoms with van der Waals surface area (Å²) < 4.78 is 5.19. The van der Waals surface area contributed by atoms with Crippen LogP contribution in [0.4, 0.5) is 0 Å². The predicted octanol–water partition coefficient (Wildman–Crippen LogP) is 2.98. The lowest BCUT2D eigenvalue weighted by molar-refractivity contribution is 0.177. The van der Waals surface area contributed by atoms with E-state index in [1.54, 1.807) is 7.11 Å². The lowest BCUT2D eigenvalue weighted by Gasteiger charge is -2.14. The van der Waals surface area contributed by atoms with E-state index in [9.17, 15) is 5.11 Å². The number of aliphatic hydroxyl groups is 1. The molecule has 0 spiro atoms. The standard InChI is InChI=1S/C16H19NO2/c1-11-7-8-15(12(2)17-11)16(18)10-13-5-4-6-14(9-13)19-3/h4-9,16,18H,10H2,1-3H3. The average Bonchev–Trinajstić information content (AvgIpc) is 2.38. The summed E-state index contributed by atoms with van der Waals surface area (Å²) in [7, 11) is 1.64. The minimum absolute atomic E-state index is 0.541. The van der Waals surface area contributed by atoms with Crippen molar-refractivity contribution >= 4 is 0 Å². The molecule has 0 fully saturated rings. The Morgan fingerprint density at radius 2 is 2.00 bits per heavy atom. The summed E-state index contributed by atoms with van der Waals surface area (Å²) in [5.41, 5.74) is 3.78. The molecule has 2 rings (SSSR count). The summed E-state index contributed by atoms with van der Waals surface area (Å²) in [4.78, 5) is 4.39. The molecule has 1 heterocycles. The van der Waals surface area contributed by atoms with Gasteiger partial charge in [0.2, 0.25) is 0 Å². The number of pyridine rings is 1. The maximum atomic E-state index is 10.3. The molecule has 0 bridgehead atoms. The average molecular weight is 257 g/mol. The van der Waals surface area contributed by atoms with Gasteiger partial charge in [-0.05, 0) is 37.6 Å². The van der Waals surface area contributed by atoms with E-state index in [2.05, 4.69) is 4.98 Å². The Labute approximate surface area is 113 Å². The van der Waals surface area contributed by atoms with Crippen LogP contribution >= 0.6 is 0 Å². The Kier molecular flexibility index (Phi) is 4.17. The van der Waals surface area contributed by atoms with Crippen molar-refractivity contribution in [3.8, 4) is 5.75 Å². The van der Waals surface area contributed by atoms with Crippen molar-refractivity contribution in [2.75, 3.05) is 7.11 Å². The van der Waals surface area contributed by atoms with Gasteiger partial charge >= 0.3 is 0 Å². The number of hydrogen-bond acceptors (Lipinski definition) is 3. The van der Waals surface area contributed by atoms with Gasteiger partial charge in [0.05, 0.1) is 13.2 Å². The quantitative estimate of drug-likeness (QED) is 0.915. The van der Waals surface area contributed by atoms with Crippen molar-refractivity contribution in [1.29, 1.82) is 0 Å². The van der Waals surface area contributed by atoms with Gasteiger partial charge in [-0.25, -0.2) is 0 Å². The highest BCUT2D eigenvalue weighted by atomic mass is 16.5. The van der Waals surface area contributed by atoms with Crippen molar-refractivity contribution in [2.45, 2.75) is 26.4 Å². The van der Waals surface area contributed by atoms with Gasteiger partial charge in [-0.15, -0.1) is 0 Å². The number of aromatic nitrogens is 1. The van der Waals surface area contributed by atoms with Gasteiger partial charge in [-0.2, -0.15) is 0 Å². The largest absolute Gasteiger partial charge is 0.497 e. The first-order valence-electron chi connectivity index (χ1n) is 6.35. The van der Waals surface area contributed by atoms with E-state index in [0.29, 0.717) is 6.42 Å². The Bertz CT molecular complexity index is 566. The van der Waals surface area contributed by atoms with E-state index in [-0.39, 0.29) is 0 Å². The van der Waals surface area contributed by atoms with Crippen LogP contribution in [0.25, 0.3) is 0 Å². The fourth-order valence-electron chi connectivity index (χ4n) is 2.18. The number of hydrogen-bond donors (Lipinski definition) is 1. The third-order valence-electron chi connectivity index (χ3n) is 3.19. The smallest absolute Gasteiger partial charge is 0.119 e. The molecule has 0 amide bonds. The van der Waals surface area contributed by atoms with Crippen LogP contribution in [-0.2, 0) is 6.42 Å². The molecule has 0 radical (unpaired) electrons. The van der Waals surface area contributed by atoms with Crippen molar-refractivity contribution in [3.63, 3.8) is 0 Å². The fourth-order valence-corrected chi connectivity index (χ4v) is 2.18. The molecule has 2 aromatic rings. The summed E-state index contributed by atoms with van der Waals surface area (Å²) in [6, 6.07) is 11.6. The summed E-state index contributed by atoms with van der Waals surface area (Å²) in [6.45, 7) is 3.88. The van der Waals surface area contributed by atoms with Crippen LogP contribution in [0.3, 0.4) is 0 Å². The third kappa shape index (κ3) is 3.32. The summed E-state index contributed by atoms with van der Waals surface area (Å²) >= 11 is 0. The van der Waals surface area contributed by atoms with E-state index in [4.69, 9.17) is 4.74 Å². The Hall–Kier alpha value is -1.87. The molecule has 0 aliphatic carbocycles. The molecule has 0 saturated carbocycles. The maximum Gasteiger partial charge on any atom is 0.119 e. The van der Waals surface area contributed by atoms with Crippen molar-refractivity contribution < 1.29 is 9.84 Å². The van der Waals surface area contributed by atoms with Crippen molar-refractivity contribution in [3.05, 3.63) is 58.9 Å². The zero-order valence-electron chi connectivity index (χ0n) is 11.6. The SMILES string of the molecule is COc1cccc(CC(O)c2ccc(C)nc2C)c1. The Balaban J connectivity index is 2.17. The van der Waals surface area contributed by atoms with Crippen molar-refractivity contribution in [2.24, 2.45) is 0 Å². The summed E-state index contributed by atoms with van der Waals surface area (Å²) in [5.74, 6) is 0.809. The lowest BCUT2D eigenvalue weighted by atomic mass is 10.00. The van der Waals surface area contributed by atoms with E-state index in [0.717, 1.165) is 28.3 Å². The molecule has 0 aliphatic heterocycles. The first-order valence-corrected chi connectivity index (χ1v) is 6.35. The molecule has 1 aromatic carbocycles. The molecule has 3 nitrogen and oxygen atoms in total. The van der Waals surface area contributed by atoms with Crippen molar-refractivity contribution in [1.82, 2.24) is 4.98 Å². The number of benzene rings is 1. The van der Waals surface area contributed by atoms with E-state index >= 15 is 0 Å². The minimum Gasteiger partial charge on any atom is -0.497 e. The first kappa shape index (κ1) is 13.6. The number of methoxy groups -OCH3 is 1. The third-order valence-corrected chi connectivity index (χ3v) is 3.19. The second-order valence-electron chi connectivity index (χ2n) is 4.70. The number of aryl methyl sites for hydroxylation is 2. The highest BCUT2D eigenvalue weighted by Crippen LogP contribution is 2.22. The van der Waals surface area contributed by atoms with Crippen LogP contribution in [0.5, 0.6) is 5.75 Å². The van der Waals surface area contributed by atoms with Crippen LogP contribution in [0, 0.1) is 13.8 Å². The topological polar surface area (TPSA) is 42.4 Å². The second kappa shape index (κ2) is 5.85. The van der Waals surface area contributed by atoms with Gasteiger partial charge in [0.1, 0.15) is 5.75 Å². The molecular formula is C16H19NO2. The molecule has 1 unspecified atom stereocenters. The molecule has 1 N–H and O–H groups in total. The van der Waals surface area contributed by atoms with Gasteiger partial charge in [-0.1, -0.05) is 18.2 Å². The minimum atomic E-state index is -0.541. The zero-order chi connectivity index (χ0) is 13.8. The number of aliphatic hydroxyl groups excluding tert-OH is 1. The molecule has 1 atom stereocenters. The summed E-state index contributed by atoms with van der Waals surface area (Å²) in [6.07, 6.45) is 0.0168. The van der Waals surface area contributed by atoms with E-state index < -0.39 is 6.10 Å². The van der Waals surface area contributed by atoms with E-state index in [1.165, 1.54) is 0 Å². The molecule has 3 heteroatoms. The number of ether oxygens (including phenoxy) is 1. The highest BCUT2D eigenvalue weighted by molar-refractivity contribution is 5.31.